The molecular weight excluding hydrogens is 448 g/mol. The van der Waals surface area contributed by atoms with Crippen LogP contribution in [0.2, 0.25) is 0 Å². The Hall–Kier alpha value is -3.80. The zero-order valence-electron chi connectivity index (χ0n) is 21.5. The van der Waals surface area contributed by atoms with Gasteiger partial charge in [0.15, 0.2) is 5.75 Å². The van der Waals surface area contributed by atoms with E-state index in [1.807, 2.05) is 35.2 Å². The minimum absolute atomic E-state index is 0.0580. The van der Waals surface area contributed by atoms with Crippen LogP contribution in [0.3, 0.4) is 0 Å². The lowest BCUT2D eigenvalue weighted by Crippen LogP contribution is -2.39. The molecule has 1 N–H and O–H groups in total. The first-order valence-electron chi connectivity index (χ1n) is 12.8. The van der Waals surface area contributed by atoms with E-state index >= 15 is 0 Å². The van der Waals surface area contributed by atoms with Crippen molar-refractivity contribution in [1.82, 2.24) is 9.80 Å². The summed E-state index contributed by atoms with van der Waals surface area (Å²) in [6.07, 6.45) is 0.863. The van der Waals surface area contributed by atoms with Gasteiger partial charge in [-0.2, -0.15) is 0 Å². The molecule has 6 nitrogen and oxygen atoms in total. The lowest BCUT2D eigenvalue weighted by Gasteiger charge is -2.25. The Kier molecular flexibility index (Phi) is 6.68. The third-order valence-corrected chi connectivity index (χ3v) is 6.85. The molecule has 0 aliphatic carbocycles. The standard InChI is InChI=1S/C30H34N4O2/c1-20(2)23-8-10-24(11-9-23)31-30(35)34-15-5-14-33(16-17-34)29-25-18-21(3)7-13-27(25)36-28-19-22(4)6-12-26(28)32-29/h6-13,18-20H,5,14-17H2,1-4H3,(H,31,35). The topological polar surface area (TPSA) is 57.2 Å². The lowest BCUT2D eigenvalue weighted by molar-refractivity contribution is 0.214. The molecule has 6 heteroatoms. The van der Waals surface area contributed by atoms with E-state index < -0.39 is 0 Å². The van der Waals surface area contributed by atoms with Gasteiger partial charge in [-0.25, -0.2) is 9.79 Å². The van der Waals surface area contributed by atoms with E-state index in [4.69, 9.17) is 9.73 Å². The smallest absolute Gasteiger partial charge is 0.321 e. The average Bonchev–Trinajstić information content (AvgIpc) is 3.19. The molecule has 186 valence electrons. The summed E-state index contributed by atoms with van der Waals surface area (Å²) in [7, 11) is 0. The number of fused-ring (bicyclic) bond motifs is 2. The number of aryl methyl sites for hydroxylation is 2. The van der Waals surface area contributed by atoms with Gasteiger partial charge < -0.3 is 19.9 Å². The lowest BCUT2D eigenvalue weighted by atomic mass is 10.0. The zero-order chi connectivity index (χ0) is 25.2. The van der Waals surface area contributed by atoms with Gasteiger partial charge in [0.05, 0.1) is 5.56 Å². The number of ether oxygens (including phenoxy) is 1. The molecule has 0 atom stereocenters. The van der Waals surface area contributed by atoms with E-state index in [9.17, 15) is 4.79 Å². The van der Waals surface area contributed by atoms with Gasteiger partial charge in [-0.3, -0.25) is 0 Å². The van der Waals surface area contributed by atoms with Crippen LogP contribution in [-0.2, 0) is 0 Å². The molecule has 0 saturated carbocycles. The Bertz CT molecular complexity index is 1300. The Labute approximate surface area is 213 Å². The highest BCUT2D eigenvalue weighted by Crippen LogP contribution is 2.39. The first-order chi connectivity index (χ1) is 17.4. The molecule has 0 unspecified atom stereocenters. The number of amides is 2. The monoisotopic (exact) mass is 482 g/mol. The van der Waals surface area contributed by atoms with Crippen molar-refractivity contribution in [3.63, 3.8) is 0 Å². The Morgan fingerprint density at radius 1 is 0.889 bits per heavy atom. The Morgan fingerprint density at radius 2 is 1.64 bits per heavy atom. The third kappa shape index (κ3) is 5.08. The maximum atomic E-state index is 13.1. The summed E-state index contributed by atoms with van der Waals surface area (Å²) in [5.41, 5.74) is 6.20. The van der Waals surface area contributed by atoms with E-state index in [0.717, 1.165) is 58.4 Å². The van der Waals surface area contributed by atoms with Crippen LogP contribution >= 0.6 is 0 Å². The zero-order valence-corrected chi connectivity index (χ0v) is 21.5. The molecule has 3 aromatic carbocycles. The third-order valence-electron chi connectivity index (χ3n) is 6.85. The van der Waals surface area contributed by atoms with Crippen molar-refractivity contribution in [2.24, 2.45) is 4.99 Å². The van der Waals surface area contributed by atoms with Crippen LogP contribution in [0.15, 0.2) is 65.7 Å². The number of rotatable bonds is 2. The van der Waals surface area contributed by atoms with E-state index in [0.29, 0.717) is 25.6 Å². The number of anilines is 1. The van der Waals surface area contributed by atoms with E-state index in [1.54, 1.807) is 0 Å². The highest BCUT2D eigenvalue weighted by atomic mass is 16.5. The summed E-state index contributed by atoms with van der Waals surface area (Å²) in [6.45, 7) is 11.3. The Morgan fingerprint density at radius 3 is 2.42 bits per heavy atom. The molecule has 0 aromatic heterocycles. The number of aliphatic imine (C=N–C) groups is 1. The number of amidine groups is 1. The molecule has 1 fully saturated rings. The van der Waals surface area contributed by atoms with Gasteiger partial charge in [0.25, 0.3) is 0 Å². The number of hydrogen-bond donors (Lipinski definition) is 1. The van der Waals surface area contributed by atoms with E-state index in [-0.39, 0.29) is 6.03 Å². The van der Waals surface area contributed by atoms with Crippen molar-refractivity contribution in [1.29, 1.82) is 0 Å². The fourth-order valence-electron chi connectivity index (χ4n) is 4.72. The van der Waals surface area contributed by atoms with Crippen molar-refractivity contribution >= 4 is 23.2 Å². The van der Waals surface area contributed by atoms with Crippen molar-refractivity contribution in [3.8, 4) is 11.5 Å². The molecule has 3 aromatic rings. The molecule has 1 saturated heterocycles. The molecule has 2 heterocycles. The van der Waals surface area contributed by atoms with Gasteiger partial charge in [-0.05, 0) is 73.7 Å². The first-order valence-corrected chi connectivity index (χ1v) is 12.8. The van der Waals surface area contributed by atoms with Gasteiger partial charge in [0.1, 0.15) is 17.3 Å². The van der Waals surface area contributed by atoms with Crippen LogP contribution in [0.5, 0.6) is 11.5 Å². The van der Waals surface area contributed by atoms with Gasteiger partial charge >= 0.3 is 6.03 Å². The van der Waals surface area contributed by atoms with Gasteiger partial charge in [0.2, 0.25) is 0 Å². The van der Waals surface area contributed by atoms with Crippen molar-refractivity contribution in [2.45, 2.75) is 40.0 Å². The molecule has 2 aliphatic rings. The Balaban J connectivity index is 1.35. The maximum absolute atomic E-state index is 13.1. The molecule has 36 heavy (non-hydrogen) atoms. The number of hydrogen-bond acceptors (Lipinski definition) is 4. The highest BCUT2D eigenvalue weighted by molar-refractivity contribution is 6.04. The second-order valence-electron chi connectivity index (χ2n) is 10.0. The fourth-order valence-corrected chi connectivity index (χ4v) is 4.72. The molecule has 5 rings (SSSR count). The summed E-state index contributed by atoms with van der Waals surface area (Å²) in [6, 6.07) is 20.4. The number of nitrogens with one attached hydrogen (secondary N) is 1. The summed E-state index contributed by atoms with van der Waals surface area (Å²) in [5, 5.41) is 3.07. The first kappa shape index (κ1) is 23.9. The fraction of sp³-hybridized carbons (Fsp3) is 0.333. The van der Waals surface area contributed by atoms with E-state index in [1.165, 1.54) is 5.56 Å². The number of carbonyl (C=O) groups excluding carboxylic acids is 1. The molecule has 2 aliphatic heterocycles. The molecular formula is C30H34N4O2. The van der Waals surface area contributed by atoms with Crippen molar-refractivity contribution in [3.05, 3.63) is 82.9 Å². The SMILES string of the molecule is Cc1ccc2c(c1)Oc1ccc(C)cc1C(N1CCCN(C(=O)Nc3ccc(C(C)C)cc3)CC1)=N2. The maximum Gasteiger partial charge on any atom is 0.321 e. The van der Waals surface area contributed by atoms with Crippen LogP contribution < -0.4 is 10.1 Å². The van der Waals surface area contributed by atoms with Crippen LogP contribution in [-0.4, -0.2) is 47.8 Å². The molecule has 0 bridgehead atoms. The van der Waals surface area contributed by atoms with Gasteiger partial charge in [-0.1, -0.05) is 43.7 Å². The molecule has 0 spiro atoms. The van der Waals surface area contributed by atoms with Gasteiger partial charge in [0, 0.05) is 31.9 Å². The highest BCUT2D eigenvalue weighted by Gasteiger charge is 2.26. The van der Waals surface area contributed by atoms with Crippen molar-refractivity contribution < 1.29 is 9.53 Å². The minimum atomic E-state index is -0.0580. The largest absolute Gasteiger partial charge is 0.454 e. The number of benzene rings is 3. The molecule has 0 radical (unpaired) electrons. The predicted molar refractivity (Wildman–Crippen MR) is 146 cm³/mol. The number of nitrogens with zero attached hydrogens (tertiary/aromatic N) is 3. The summed E-state index contributed by atoms with van der Waals surface area (Å²) < 4.78 is 6.32. The summed E-state index contributed by atoms with van der Waals surface area (Å²) >= 11 is 0. The summed E-state index contributed by atoms with van der Waals surface area (Å²) in [4.78, 5) is 22.3. The van der Waals surface area contributed by atoms with Crippen LogP contribution in [0.1, 0.15) is 48.4 Å². The predicted octanol–water partition coefficient (Wildman–Crippen LogP) is 6.85. The van der Waals surface area contributed by atoms with E-state index in [2.05, 4.69) is 68.2 Å². The van der Waals surface area contributed by atoms with Crippen LogP contribution in [0.4, 0.5) is 16.2 Å². The van der Waals surface area contributed by atoms with Crippen LogP contribution in [0.25, 0.3) is 0 Å². The van der Waals surface area contributed by atoms with Gasteiger partial charge in [-0.15, -0.1) is 0 Å². The van der Waals surface area contributed by atoms with Crippen LogP contribution in [0, 0.1) is 13.8 Å². The second-order valence-corrected chi connectivity index (χ2v) is 10.0. The number of carbonyl (C=O) groups is 1. The normalized spacial score (nSPS) is 15.3. The second kappa shape index (κ2) is 10.1. The average molecular weight is 483 g/mol. The molecule has 2 amide bonds. The number of urea groups is 1. The summed E-state index contributed by atoms with van der Waals surface area (Å²) in [5.74, 6) is 2.96. The van der Waals surface area contributed by atoms with Crippen molar-refractivity contribution in [2.75, 3.05) is 31.5 Å². The minimum Gasteiger partial charge on any atom is -0.454 e. The quantitative estimate of drug-likeness (QED) is 0.434.